The first-order valence-corrected chi connectivity index (χ1v) is 10.6. The van der Waals surface area contributed by atoms with Crippen molar-refractivity contribution in [3.05, 3.63) is 63.0 Å². The third-order valence-electron chi connectivity index (χ3n) is 3.87. The predicted octanol–water partition coefficient (Wildman–Crippen LogP) is 5.23. The van der Waals surface area contributed by atoms with Gasteiger partial charge in [-0.2, -0.15) is 0 Å². The summed E-state index contributed by atoms with van der Waals surface area (Å²) < 4.78 is 5.74. The summed E-state index contributed by atoms with van der Waals surface area (Å²) in [6.07, 6.45) is 1.74. The summed E-state index contributed by atoms with van der Waals surface area (Å²) in [5.74, 6) is 0.0661. The van der Waals surface area contributed by atoms with Gasteiger partial charge in [0.1, 0.15) is 16.6 Å². The summed E-state index contributed by atoms with van der Waals surface area (Å²) in [4.78, 5) is 26.7. The Kier molecular flexibility index (Phi) is 7.18. The second-order valence-electron chi connectivity index (χ2n) is 5.95. The topological polar surface area (TPSA) is 58.6 Å². The molecule has 0 bridgehead atoms. The lowest BCUT2D eigenvalue weighted by Crippen LogP contribution is -2.36. The number of thiocarbonyl (C=S) groups is 1. The molecule has 0 radical (unpaired) electrons. The maximum atomic E-state index is 12.7. The fraction of sp³-hybridized carbons (Fsp3) is 0.150. The molecule has 1 heterocycles. The first-order chi connectivity index (χ1) is 13.9. The smallest absolute Gasteiger partial charge is 0.266 e. The first-order valence-electron chi connectivity index (χ1n) is 8.60. The molecular formula is C20H16Cl2N2O3S2. The molecule has 1 aliphatic heterocycles. The van der Waals surface area contributed by atoms with Crippen LogP contribution >= 0.6 is 47.2 Å². The number of hydrogen-bond donors (Lipinski definition) is 1. The minimum absolute atomic E-state index is 0.189. The first kappa shape index (κ1) is 21.6. The molecule has 0 aliphatic carbocycles. The molecule has 29 heavy (non-hydrogen) atoms. The van der Waals surface area contributed by atoms with Gasteiger partial charge < -0.3 is 10.1 Å². The molecule has 1 fully saturated rings. The van der Waals surface area contributed by atoms with Gasteiger partial charge in [0, 0.05) is 5.69 Å². The van der Waals surface area contributed by atoms with Crippen molar-refractivity contribution in [2.24, 2.45) is 0 Å². The zero-order valence-electron chi connectivity index (χ0n) is 15.3. The molecule has 3 rings (SSSR count). The van der Waals surface area contributed by atoms with E-state index in [1.165, 1.54) is 11.0 Å². The van der Waals surface area contributed by atoms with Gasteiger partial charge in [0.25, 0.3) is 5.91 Å². The van der Waals surface area contributed by atoms with Crippen molar-refractivity contribution in [3.8, 4) is 5.75 Å². The molecule has 150 valence electrons. The van der Waals surface area contributed by atoms with Crippen molar-refractivity contribution >= 4 is 75.1 Å². The van der Waals surface area contributed by atoms with E-state index in [9.17, 15) is 9.59 Å². The lowest BCUT2D eigenvalue weighted by Gasteiger charge is -2.14. The lowest BCUT2D eigenvalue weighted by molar-refractivity contribution is -0.126. The fourth-order valence-electron chi connectivity index (χ4n) is 2.53. The number of carbonyl (C=O) groups is 2. The second-order valence-corrected chi connectivity index (χ2v) is 8.44. The summed E-state index contributed by atoms with van der Waals surface area (Å²) in [6, 6.07) is 12.1. The summed E-state index contributed by atoms with van der Waals surface area (Å²) in [6.45, 7) is 2.31. The summed E-state index contributed by atoms with van der Waals surface area (Å²) in [7, 11) is 0. The molecule has 0 spiro atoms. The quantitative estimate of drug-likeness (QED) is 0.466. The van der Waals surface area contributed by atoms with E-state index >= 15 is 0 Å². The normalized spacial score (nSPS) is 15.1. The third kappa shape index (κ3) is 5.51. The molecule has 2 aromatic carbocycles. The minimum Gasteiger partial charge on any atom is -0.494 e. The van der Waals surface area contributed by atoms with Crippen molar-refractivity contribution in [2.75, 3.05) is 18.5 Å². The van der Waals surface area contributed by atoms with Crippen molar-refractivity contribution < 1.29 is 14.3 Å². The Bertz CT molecular complexity index is 994. The molecule has 1 aliphatic rings. The van der Waals surface area contributed by atoms with Gasteiger partial charge >= 0.3 is 0 Å². The highest BCUT2D eigenvalue weighted by Gasteiger charge is 2.33. The number of rotatable bonds is 6. The molecule has 1 saturated heterocycles. The SMILES string of the molecule is CCOc1ccc(/C=C2\SC(=S)N(CC(=O)Nc3ccc(Cl)c(Cl)c3)C2=O)cc1. The molecule has 0 atom stereocenters. The van der Waals surface area contributed by atoms with Crippen LogP contribution in [0.3, 0.4) is 0 Å². The molecule has 2 aromatic rings. The van der Waals surface area contributed by atoms with Gasteiger partial charge in [0.05, 0.1) is 21.6 Å². The van der Waals surface area contributed by atoms with Gasteiger partial charge in [-0.05, 0) is 48.9 Å². The van der Waals surface area contributed by atoms with Crippen LogP contribution in [0.4, 0.5) is 5.69 Å². The van der Waals surface area contributed by atoms with Crippen LogP contribution in [0.1, 0.15) is 12.5 Å². The van der Waals surface area contributed by atoms with Crippen LogP contribution in [-0.2, 0) is 9.59 Å². The van der Waals surface area contributed by atoms with Crippen molar-refractivity contribution in [1.82, 2.24) is 4.90 Å². The average Bonchev–Trinajstić information content (AvgIpc) is 2.94. The fourth-order valence-corrected chi connectivity index (χ4v) is 4.09. The highest BCUT2D eigenvalue weighted by Crippen LogP contribution is 2.33. The molecule has 0 saturated carbocycles. The number of nitrogens with zero attached hydrogens (tertiary/aromatic N) is 1. The summed E-state index contributed by atoms with van der Waals surface area (Å²) in [5, 5.41) is 3.40. The van der Waals surface area contributed by atoms with Crippen LogP contribution in [0.25, 0.3) is 6.08 Å². The number of ether oxygens (including phenoxy) is 1. The Morgan fingerprint density at radius 1 is 1.21 bits per heavy atom. The van der Waals surface area contributed by atoms with Gasteiger partial charge in [0.15, 0.2) is 0 Å². The number of benzene rings is 2. The maximum Gasteiger partial charge on any atom is 0.266 e. The number of nitrogens with one attached hydrogen (secondary N) is 1. The maximum absolute atomic E-state index is 12.7. The Labute approximate surface area is 188 Å². The Balaban J connectivity index is 1.66. The highest BCUT2D eigenvalue weighted by molar-refractivity contribution is 8.26. The molecule has 0 unspecified atom stereocenters. The molecule has 5 nitrogen and oxygen atoms in total. The standard InChI is InChI=1S/C20H16Cl2N2O3S2/c1-2-27-14-6-3-12(4-7-14)9-17-19(26)24(20(28)29-17)11-18(25)23-13-5-8-15(21)16(22)10-13/h3-10H,2,11H2,1H3,(H,23,25)/b17-9-. The molecule has 9 heteroatoms. The van der Waals surface area contributed by atoms with Crippen LogP contribution < -0.4 is 10.1 Å². The molecule has 0 aromatic heterocycles. The van der Waals surface area contributed by atoms with E-state index in [4.69, 9.17) is 40.2 Å². The number of hydrogen-bond acceptors (Lipinski definition) is 5. The lowest BCUT2D eigenvalue weighted by atomic mass is 10.2. The van der Waals surface area contributed by atoms with Gasteiger partial charge in [-0.15, -0.1) is 0 Å². The third-order valence-corrected chi connectivity index (χ3v) is 5.98. The molecular weight excluding hydrogens is 451 g/mol. The van der Waals surface area contributed by atoms with Gasteiger partial charge in [-0.25, -0.2) is 0 Å². The Morgan fingerprint density at radius 2 is 1.93 bits per heavy atom. The van der Waals surface area contributed by atoms with E-state index in [2.05, 4.69) is 5.32 Å². The van der Waals surface area contributed by atoms with E-state index in [0.29, 0.717) is 31.6 Å². The number of halogens is 2. The highest BCUT2D eigenvalue weighted by atomic mass is 35.5. The van der Waals surface area contributed by atoms with Crippen molar-refractivity contribution in [2.45, 2.75) is 6.92 Å². The number of thioether (sulfide) groups is 1. The van der Waals surface area contributed by atoms with E-state index in [1.54, 1.807) is 18.2 Å². The van der Waals surface area contributed by atoms with Gasteiger partial charge in [-0.3, -0.25) is 14.5 Å². The average molecular weight is 467 g/mol. The van der Waals surface area contributed by atoms with Crippen LogP contribution in [0, 0.1) is 0 Å². The van der Waals surface area contributed by atoms with E-state index in [1.807, 2.05) is 31.2 Å². The largest absolute Gasteiger partial charge is 0.494 e. The minimum atomic E-state index is -0.387. The van der Waals surface area contributed by atoms with E-state index in [-0.39, 0.29) is 18.4 Å². The van der Waals surface area contributed by atoms with Crippen molar-refractivity contribution in [3.63, 3.8) is 0 Å². The summed E-state index contributed by atoms with van der Waals surface area (Å²) in [5.41, 5.74) is 1.33. The number of carbonyl (C=O) groups excluding carboxylic acids is 2. The predicted molar refractivity (Wildman–Crippen MR) is 123 cm³/mol. The Morgan fingerprint density at radius 3 is 2.59 bits per heavy atom. The summed E-state index contributed by atoms with van der Waals surface area (Å²) >= 11 is 18.3. The van der Waals surface area contributed by atoms with E-state index < -0.39 is 0 Å². The molecule has 1 N–H and O–H groups in total. The zero-order valence-corrected chi connectivity index (χ0v) is 18.4. The van der Waals surface area contributed by atoms with Crippen LogP contribution in [0.2, 0.25) is 10.0 Å². The Hall–Kier alpha value is -2.06. The zero-order chi connectivity index (χ0) is 21.0. The van der Waals surface area contributed by atoms with Crippen LogP contribution in [-0.4, -0.2) is 34.2 Å². The van der Waals surface area contributed by atoms with E-state index in [0.717, 1.165) is 23.1 Å². The van der Waals surface area contributed by atoms with Crippen LogP contribution in [0.5, 0.6) is 5.75 Å². The number of anilines is 1. The van der Waals surface area contributed by atoms with Gasteiger partial charge in [-0.1, -0.05) is 59.3 Å². The van der Waals surface area contributed by atoms with Crippen LogP contribution in [0.15, 0.2) is 47.4 Å². The second kappa shape index (κ2) is 9.63. The molecule has 2 amide bonds. The van der Waals surface area contributed by atoms with Crippen molar-refractivity contribution in [1.29, 1.82) is 0 Å². The van der Waals surface area contributed by atoms with Gasteiger partial charge in [0.2, 0.25) is 5.91 Å². The number of amides is 2. The monoisotopic (exact) mass is 466 g/mol.